The first kappa shape index (κ1) is 16.8. The van der Waals surface area contributed by atoms with Gasteiger partial charge in [0.15, 0.2) is 5.96 Å². The lowest BCUT2D eigenvalue weighted by Gasteiger charge is -2.11. The van der Waals surface area contributed by atoms with Gasteiger partial charge in [-0.3, -0.25) is 9.79 Å². The van der Waals surface area contributed by atoms with Crippen molar-refractivity contribution >= 4 is 11.9 Å². The molecule has 1 rings (SSSR count). The third kappa shape index (κ3) is 7.81. The summed E-state index contributed by atoms with van der Waals surface area (Å²) < 4.78 is 10.2. The third-order valence-electron chi connectivity index (χ3n) is 2.70. The summed E-state index contributed by atoms with van der Waals surface area (Å²) in [5.41, 5.74) is 0. The number of hydrogen-bond donors (Lipinski definition) is 2. The van der Waals surface area contributed by atoms with E-state index in [9.17, 15) is 4.79 Å². The SMILES string of the molecule is CN=C(NCCCOc1ccccc1)NCCC(=O)OC. The van der Waals surface area contributed by atoms with Crippen molar-refractivity contribution in [2.75, 3.05) is 33.9 Å². The molecule has 0 unspecified atom stereocenters. The van der Waals surface area contributed by atoms with E-state index in [1.165, 1.54) is 7.11 Å². The van der Waals surface area contributed by atoms with Gasteiger partial charge >= 0.3 is 5.97 Å². The average molecular weight is 293 g/mol. The minimum Gasteiger partial charge on any atom is -0.494 e. The van der Waals surface area contributed by atoms with E-state index >= 15 is 0 Å². The number of rotatable bonds is 8. The number of hydrogen-bond acceptors (Lipinski definition) is 4. The van der Waals surface area contributed by atoms with Gasteiger partial charge in [-0.05, 0) is 18.6 Å². The molecule has 0 bridgehead atoms. The largest absolute Gasteiger partial charge is 0.494 e. The standard InChI is InChI=1S/C15H23N3O3/c1-16-15(18-11-9-14(19)20-2)17-10-6-12-21-13-7-4-3-5-8-13/h3-5,7-8H,6,9-12H2,1-2H3,(H2,16,17,18). The summed E-state index contributed by atoms with van der Waals surface area (Å²) in [4.78, 5) is 15.0. The molecule has 0 aliphatic carbocycles. The molecule has 0 atom stereocenters. The number of methoxy groups -OCH3 is 1. The zero-order chi connectivity index (χ0) is 15.3. The Balaban J connectivity index is 2.08. The fraction of sp³-hybridized carbons (Fsp3) is 0.467. The Hall–Kier alpha value is -2.24. The third-order valence-corrected chi connectivity index (χ3v) is 2.70. The van der Waals surface area contributed by atoms with Crippen LogP contribution in [0.2, 0.25) is 0 Å². The van der Waals surface area contributed by atoms with Gasteiger partial charge in [-0.2, -0.15) is 0 Å². The number of aliphatic imine (C=N–C) groups is 1. The minimum atomic E-state index is -0.241. The van der Waals surface area contributed by atoms with Crippen LogP contribution in [0.25, 0.3) is 0 Å². The smallest absolute Gasteiger partial charge is 0.307 e. The quantitative estimate of drug-likeness (QED) is 0.326. The van der Waals surface area contributed by atoms with E-state index in [4.69, 9.17) is 4.74 Å². The number of nitrogens with zero attached hydrogens (tertiary/aromatic N) is 1. The predicted molar refractivity (Wildman–Crippen MR) is 82.6 cm³/mol. The fourth-order valence-electron chi connectivity index (χ4n) is 1.59. The van der Waals surface area contributed by atoms with Crippen LogP contribution in [0, 0.1) is 0 Å². The maximum Gasteiger partial charge on any atom is 0.307 e. The van der Waals surface area contributed by atoms with Crippen LogP contribution in [0.5, 0.6) is 5.75 Å². The van der Waals surface area contributed by atoms with Gasteiger partial charge in [0.2, 0.25) is 0 Å². The van der Waals surface area contributed by atoms with Crippen LogP contribution in [-0.2, 0) is 9.53 Å². The van der Waals surface area contributed by atoms with E-state index in [-0.39, 0.29) is 5.97 Å². The van der Waals surface area contributed by atoms with Crippen molar-refractivity contribution in [2.24, 2.45) is 4.99 Å². The molecule has 6 heteroatoms. The van der Waals surface area contributed by atoms with Crippen molar-refractivity contribution in [1.29, 1.82) is 0 Å². The summed E-state index contributed by atoms with van der Waals surface area (Å²) in [7, 11) is 3.07. The minimum absolute atomic E-state index is 0.241. The molecule has 6 nitrogen and oxygen atoms in total. The second-order valence-electron chi connectivity index (χ2n) is 4.27. The number of para-hydroxylation sites is 1. The number of nitrogens with one attached hydrogen (secondary N) is 2. The van der Waals surface area contributed by atoms with Crippen LogP contribution in [0.1, 0.15) is 12.8 Å². The predicted octanol–water partition coefficient (Wildman–Crippen LogP) is 1.18. The highest BCUT2D eigenvalue weighted by molar-refractivity contribution is 5.80. The molecule has 0 aromatic heterocycles. The highest BCUT2D eigenvalue weighted by Crippen LogP contribution is 2.07. The van der Waals surface area contributed by atoms with Crippen molar-refractivity contribution in [1.82, 2.24) is 10.6 Å². The van der Waals surface area contributed by atoms with E-state index in [1.54, 1.807) is 7.05 Å². The van der Waals surface area contributed by atoms with Crippen LogP contribution in [0.4, 0.5) is 0 Å². The van der Waals surface area contributed by atoms with Crippen molar-refractivity contribution < 1.29 is 14.3 Å². The number of guanidine groups is 1. The number of carbonyl (C=O) groups excluding carboxylic acids is 1. The number of esters is 1. The van der Waals surface area contributed by atoms with Crippen LogP contribution in [0.3, 0.4) is 0 Å². The molecule has 0 spiro atoms. The molecule has 0 saturated heterocycles. The molecule has 0 heterocycles. The first-order chi connectivity index (χ1) is 10.3. The summed E-state index contributed by atoms with van der Waals surface area (Å²) in [6.07, 6.45) is 1.17. The number of benzene rings is 1. The van der Waals surface area contributed by atoms with Gasteiger partial charge in [-0.25, -0.2) is 0 Å². The summed E-state index contributed by atoms with van der Waals surface area (Å²) in [5.74, 6) is 1.30. The molecule has 1 aromatic carbocycles. The van der Waals surface area contributed by atoms with E-state index in [0.717, 1.165) is 18.7 Å². The zero-order valence-corrected chi connectivity index (χ0v) is 12.6. The fourth-order valence-corrected chi connectivity index (χ4v) is 1.59. The van der Waals surface area contributed by atoms with E-state index < -0.39 is 0 Å². The summed E-state index contributed by atoms with van der Waals surface area (Å²) in [6.45, 7) is 1.87. The first-order valence-corrected chi connectivity index (χ1v) is 6.95. The summed E-state index contributed by atoms with van der Waals surface area (Å²) in [6, 6.07) is 9.71. The Bertz CT molecular complexity index is 435. The molecule has 0 amide bonds. The molecule has 1 aromatic rings. The molecule has 0 aliphatic rings. The second-order valence-corrected chi connectivity index (χ2v) is 4.27. The van der Waals surface area contributed by atoms with Gasteiger partial charge in [0.25, 0.3) is 0 Å². The Morgan fingerprint density at radius 2 is 1.90 bits per heavy atom. The highest BCUT2D eigenvalue weighted by atomic mass is 16.5. The van der Waals surface area contributed by atoms with E-state index in [2.05, 4.69) is 20.4 Å². The Morgan fingerprint density at radius 1 is 1.19 bits per heavy atom. The molecule has 0 aliphatic heterocycles. The normalized spacial score (nSPS) is 10.9. The molecule has 0 radical (unpaired) electrons. The highest BCUT2D eigenvalue weighted by Gasteiger charge is 2.01. The van der Waals surface area contributed by atoms with E-state index in [1.807, 2.05) is 30.3 Å². The maximum atomic E-state index is 11.0. The lowest BCUT2D eigenvalue weighted by Crippen LogP contribution is -2.39. The molecular formula is C15H23N3O3. The van der Waals surface area contributed by atoms with Crippen LogP contribution in [0.15, 0.2) is 35.3 Å². The maximum absolute atomic E-state index is 11.0. The van der Waals surface area contributed by atoms with Crippen LogP contribution < -0.4 is 15.4 Å². The summed E-state index contributed by atoms with van der Waals surface area (Å²) >= 11 is 0. The van der Waals surface area contributed by atoms with E-state index in [0.29, 0.717) is 25.5 Å². The van der Waals surface area contributed by atoms with Gasteiger partial charge in [0.05, 0.1) is 20.1 Å². The lowest BCUT2D eigenvalue weighted by molar-refractivity contribution is -0.140. The molecular weight excluding hydrogens is 270 g/mol. The monoisotopic (exact) mass is 293 g/mol. The van der Waals surface area contributed by atoms with Gasteiger partial charge < -0.3 is 20.1 Å². The van der Waals surface area contributed by atoms with Gasteiger partial charge in [0, 0.05) is 20.1 Å². The molecule has 0 fully saturated rings. The van der Waals surface area contributed by atoms with Crippen molar-refractivity contribution in [3.8, 4) is 5.75 Å². The number of carbonyl (C=O) groups is 1. The number of ether oxygens (including phenoxy) is 2. The van der Waals surface area contributed by atoms with Gasteiger partial charge in [-0.15, -0.1) is 0 Å². The molecule has 21 heavy (non-hydrogen) atoms. The van der Waals surface area contributed by atoms with Crippen LogP contribution in [-0.4, -0.2) is 45.8 Å². The van der Waals surface area contributed by atoms with Crippen molar-refractivity contribution in [2.45, 2.75) is 12.8 Å². The Kier molecular flexibility index (Phi) is 8.44. The lowest BCUT2D eigenvalue weighted by atomic mass is 10.3. The topological polar surface area (TPSA) is 72.0 Å². The summed E-state index contributed by atoms with van der Waals surface area (Å²) in [5, 5.41) is 6.19. The first-order valence-electron chi connectivity index (χ1n) is 6.95. The van der Waals surface area contributed by atoms with Gasteiger partial charge in [-0.1, -0.05) is 18.2 Å². The second kappa shape index (κ2) is 10.5. The van der Waals surface area contributed by atoms with Crippen molar-refractivity contribution in [3.63, 3.8) is 0 Å². The Labute approximate surface area is 125 Å². The molecule has 0 saturated carbocycles. The van der Waals surface area contributed by atoms with Crippen LogP contribution >= 0.6 is 0 Å². The molecule has 2 N–H and O–H groups in total. The molecule has 116 valence electrons. The Morgan fingerprint density at radius 3 is 2.57 bits per heavy atom. The van der Waals surface area contributed by atoms with Gasteiger partial charge in [0.1, 0.15) is 5.75 Å². The average Bonchev–Trinajstić information content (AvgIpc) is 2.53. The zero-order valence-electron chi connectivity index (χ0n) is 12.6. The van der Waals surface area contributed by atoms with Crippen molar-refractivity contribution in [3.05, 3.63) is 30.3 Å².